The van der Waals surface area contributed by atoms with Gasteiger partial charge in [-0.15, -0.1) is 0 Å². The van der Waals surface area contributed by atoms with Crippen LogP contribution in [0.4, 0.5) is 14.5 Å². The van der Waals surface area contributed by atoms with Gasteiger partial charge in [0.15, 0.2) is 0 Å². The van der Waals surface area contributed by atoms with Crippen molar-refractivity contribution in [2.75, 3.05) is 18.4 Å². The highest BCUT2D eigenvalue weighted by atomic mass is 32.1. The van der Waals surface area contributed by atoms with Crippen molar-refractivity contribution in [3.8, 4) is 0 Å². The standard InChI is InChI=1S/C23H21F2N3O2S/c24-18-5-6-19(25)20(11-18)27-23(30)22(29)26-12-21(17-8-10-31-14-17)28-9-7-15-3-1-2-4-16(15)13-28/h1-6,8,10-11,14,21H,7,9,12-13H2,(H,26,29)(H,27,30). The highest BCUT2D eigenvalue weighted by Crippen LogP contribution is 2.28. The number of halogens is 2. The minimum absolute atomic E-state index is 0.109. The third-order valence-corrected chi connectivity index (χ3v) is 6.07. The number of rotatable bonds is 5. The number of thiophene rings is 1. The quantitative estimate of drug-likeness (QED) is 0.591. The van der Waals surface area contributed by atoms with Gasteiger partial charge in [-0.3, -0.25) is 14.5 Å². The Morgan fingerprint density at radius 2 is 1.87 bits per heavy atom. The summed E-state index contributed by atoms with van der Waals surface area (Å²) in [4.78, 5) is 26.8. The van der Waals surface area contributed by atoms with Crippen molar-refractivity contribution in [1.82, 2.24) is 10.2 Å². The van der Waals surface area contributed by atoms with E-state index in [0.29, 0.717) is 0 Å². The predicted octanol–water partition coefficient (Wildman–Crippen LogP) is 3.88. The Bertz CT molecular complexity index is 1090. The summed E-state index contributed by atoms with van der Waals surface area (Å²) in [6.45, 7) is 1.79. The van der Waals surface area contributed by atoms with Crippen LogP contribution in [0.25, 0.3) is 0 Å². The molecule has 8 heteroatoms. The second-order valence-corrected chi connectivity index (χ2v) is 8.13. The van der Waals surface area contributed by atoms with Crippen molar-refractivity contribution < 1.29 is 18.4 Å². The van der Waals surface area contributed by atoms with Gasteiger partial charge in [-0.1, -0.05) is 24.3 Å². The van der Waals surface area contributed by atoms with E-state index in [-0.39, 0.29) is 18.3 Å². The van der Waals surface area contributed by atoms with Gasteiger partial charge in [0.25, 0.3) is 0 Å². The van der Waals surface area contributed by atoms with Crippen LogP contribution in [-0.2, 0) is 22.6 Å². The summed E-state index contributed by atoms with van der Waals surface area (Å²) >= 11 is 1.57. The molecular formula is C23H21F2N3O2S. The summed E-state index contributed by atoms with van der Waals surface area (Å²) in [5, 5.41) is 8.77. The van der Waals surface area contributed by atoms with Gasteiger partial charge in [-0.05, 0) is 52.1 Å². The number of amides is 2. The fourth-order valence-corrected chi connectivity index (χ4v) is 4.46. The lowest BCUT2D eigenvalue weighted by molar-refractivity contribution is -0.136. The molecule has 1 aliphatic rings. The van der Waals surface area contributed by atoms with Gasteiger partial charge in [-0.2, -0.15) is 11.3 Å². The van der Waals surface area contributed by atoms with E-state index < -0.39 is 23.4 Å². The number of nitrogens with zero attached hydrogens (tertiary/aromatic N) is 1. The molecule has 2 amide bonds. The lowest BCUT2D eigenvalue weighted by Crippen LogP contribution is -2.43. The van der Waals surface area contributed by atoms with Crippen molar-refractivity contribution in [3.05, 3.63) is 87.6 Å². The highest BCUT2D eigenvalue weighted by molar-refractivity contribution is 7.08. The van der Waals surface area contributed by atoms with Crippen molar-refractivity contribution in [3.63, 3.8) is 0 Å². The normalized spacial score (nSPS) is 14.5. The van der Waals surface area contributed by atoms with Gasteiger partial charge in [0.05, 0.1) is 11.7 Å². The lowest BCUT2D eigenvalue weighted by atomic mass is 9.97. The van der Waals surface area contributed by atoms with E-state index in [1.807, 2.05) is 29.0 Å². The van der Waals surface area contributed by atoms with Crippen LogP contribution < -0.4 is 10.6 Å². The van der Waals surface area contributed by atoms with Gasteiger partial charge in [0.2, 0.25) is 0 Å². The zero-order valence-corrected chi connectivity index (χ0v) is 17.4. The highest BCUT2D eigenvalue weighted by Gasteiger charge is 2.26. The maximum Gasteiger partial charge on any atom is 0.313 e. The smallest absolute Gasteiger partial charge is 0.313 e. The Labute approximate surface area is 182 Å². The van der Waals surface area contributed by atoms with Crippen LogP contribution in [0, 0.1) is 11.6 Å². The molecule has 5 nitrogen and oxygen atoms in total. The average molecular weight is 442 g/mol. The summed E-state index contributed by atoms with van der Waals surface area (Å²) in [6, 6.07) is 12.8. The summed E-state index contributed by atoms with van der Waals surface area (Å²) in [5.41, 5.74) is 3.26. The molecule has 2 heterocycles. The van der Waals surface area contributed by atoms with Crippen LogP contribution in [0.2, 0.25) is 0 Å². The molecule has 160 valence electrons. The molecule has 0 bridgehead atoms. The van der Waals surface area contributed by atoms with E-state index >= 15 is 0 Å². The Balaban J connectivity index is 1.43. The molecule has 0 saturated carbocycles. The zero-order chi connectivity index (χ0) is 21.8. The van der Waals surface area contributed by atoms with E-state index in [2.05, 4.69) is 27.7 Å². The Kier molecular flexibility index (Phi) is 6.39. The molecule has 0 aliphatic carbocycles. The molecule has 0 spiro atoms. The van der Waals surface area contributed by atoms with Crippen molar-refractivity contribution in [1.29, 1.82) is 0 Å². The summed E-state index contributed by atoms with van der Waals surface area (Å²) in [5.74, 6) is -3.47. The predicted molar refractivity (Wildman–Crippen MR) is 116 cm³/mol. The molecular weight excluding hydrogens is 420 g/mol. The molecule has 2 N–H and O–H groups in total. The van der Waals surface area contributed by atoms with Crippen LogP contribution in [0.5, 0.6) is 0 Å². The number of benzene rings is 2. The van der Waals surface area contributed by atoms with Crippen LogP contribution in [0.15, 0.2) is 59.3 Å². The first-order valence-corrected chi connectivity index (χ1v) is 10.8. The summed E-state index contributed by atoms with van der Waals surface area (Å²) in [7, 11) is 0. The van der Waals surface area contributed by atoms with Gasteiger partial charge in [0, 0.05) is 25.7 Å². The molecule has 31 heavy (non-hydrogen) atoms. The van der Waals surface area contributed by atoms with Gasteiger partial charge < -0.3 is 10.6 Å². The summed E-state index contributed by atoms with van der Waals surface area (Å²) in [6.07, 6.45) is 0.907. The van der Waals surface area contributed by atoms with Gasteiger partial charge in [0.1, 0.15) is 11.6 Å². The van der Waals surface area contributed by atoms with Crippen LogP contribution in [0.1, 0.15) is 22.7 Å². The molecule has 0 fully saturated rings. The number of nitrogens with one attached hydrogen (secondary N) is 2. The SMILES string of the molecule is O=C(NCC(c1ccsc1)N1CCc2ccccc2C1)C(=O)Nc1cc(F)ccc1F. The molecule has 1 aromatic heterocycles. The molecule has 3 aromatic rings. The molecule has 4 rings (SSSR count). The minimum atomic E-state index is -1.04. The number of fused-ring (bicyclic) bond motifs is 1. The van der Waals surface area contributed by atoms with Crippen molar-refractivity contribution >= 4 is 28.8 Å². The average Bonchev–Trinajstić information content (AvgIpc) is 3.30. The first-order valence-electron chi connectivity index (χ1n) is 9.88. The van der Waals surface area contributed by atoms with Crippen molar-refractivity contribution in [2.45, 2.75) is 19.0 Å². The molecule has 1 unspecified atom stereocenters. The minimum Gasteiger partial charge on any atom is -0.346 e. The van der Waals surface area contributed by atoms with E-state index in [4.69, 9.17) is 0 Å². The number of anilines is 1. The fourth-order valence-electron chi connectivity index (χ4n) is 3.75. The molecule has 0 radical (unpaired) electrons. The fraction of sp³-hybridized carbons (Fsp3) is 0.217. The topological polar surface area (TPSA) is 61.4 Å². The molecule has 1 atom stereocenters. The van der Waals surface area contributed by atoms with Gasteiger partial charge in [-0.25, -0.2) is 8.78 Å². The zero-order valence-electron chi connectivity index (χ0n) is 16.6. The molecule has 0 saturated heterocycles. The number of carbonyl (C=O) groups is 2. The van der Waals surface area contributed by atoms with Crippen LogP contribution in [-0.4, -0.2) is 29.8 Å². The maximum absolute atomic E-state index is 13.7. The molecule has 1 aliphatic heterocycles. The number of carbonyl (C=O) groups excluding carboxylic acids is 2. The van der Waals surface area contributed by atoms with E-state index in [0.717, 1.165) is 43.3 Å². The Morgan fingerprint density at radius 1 is 1.06 bits per heavy atom. The lowest BCUT2D eigenvalue weighted by Gasteiger charge is -2.35. The van der Waals surface area contributed by atoms with E-state index in [1.54, 1.807) is 11.3 Å². The number of hydrogen-bond acceptors (Lipinski definition) is 4. The summed E-state index contributed by atoms with van der Waals surface area (Å²) < 4.78 is 27.0. The Morgan fingerprint density at radius 3 is 2.65 bits per heavy atom. The van der Waals surface area contributed by atoms with E-state index in [1.165, 1.54) is 11.1 Å². The number of hydrogen-bond donors (Lipinski definition) is 2. The monoisotopic (exact) mass is 441 g/mol. The first kappa shape index (κ1) is 21.1. The Hall–Kier alpha value is -3.10. The molecule has 2 aromatic carbocycles. The maximum atomic E-state index is 13.7. The van der Waals surface area contributed by atoms with Crippen LogP contribution in [0.3, 0.4) is 0 Å². The van der Waals surface area contributed by atoms with Gasteiger partial charge >= 0.3 is 11.8 Å². The second kappa shape index (κ2) is 9.36. The third-order valence-electron chi connectivity index (χ3n) is 5.37. The first-order chi connectivity index (χ1) is 15.0. The van der Waals surface area contributed by atoms with Crippen LogP contribution >= 0.6 is 11.3 Å². The third kappa shape index (κ3) is 4.98. The second-order valence-electron chi connectivity index (χ2n) is 7.35. The van der Waals surface area contributed by atoms with E-state index in [9.17, 15) is 18.4 Å². The van der Waals surface area contributed by atoms with Crippen molar-refractivity contribution in [2.24, 2.45) is 0 Å². The largest absolute Gasteiger partial charge is 0.346 e.